The summed E-state index contributed by atoms with van der Waals surface area (Å²) < 4.78 is 1.88. The second-order valence-corrected chi connectivity index (χ2v) is 5.35. The highest BCUT2D eigenvalue weighted by Gasteiger charge is 2.07. The average Bonchev–Trinajstić information content (AvgIpc) is 2.81. The standard InChI is InChI=1S/C13H16N4OS/c1-16(2)12(18)11-6-4-10(5-7-11)8-19-13-15-14-9-17(13)3/h4-7,9H,8H2,1-3H3. The largest absolute Gasteiger partial charge is 0.345 e. The quantitative estimate of drug-likeness (QED) is 0.799. The zero-order valence-electron chi connectivity index (χ0n) is 11.2. The molecule has 0 bridgehead atoms. The zero-order valence-corrected chi connectivity index (χ0v) is 12.0. The summed E-state index contributed by atoms with van der Waals surface area (Å²) in [7, 11) is 5.42. The van der Waals surface area contributed by atoms with Crippen molar-refractivity contribution in [2.45, 2.75) is 10.9 Å². The molecule has 5 nitrogen and oxygen atoms in total. The van der Waals surface area contributed by atoms with Gasteiger partial charge in [-0.3, -0.25) is 4.79 Å². The molecule has 0 unspecified atom stereocenters. The molecule has 1 aromatic carbocycles. The van der Waals surface area contributed by atoms with Gasteiger partial charge >= 0.3 is 0 Å². The van der Waals surface area contributed by atoms with E-state index in [2.05, 4.69) is 10.2 Å². The fourth-order valence-corrected chi connectivity index (χ4v) is 2.40. The van der Waals surface area contributed by atoms with Crippen molar-refractivity contribution >= 4 is 17.7 Å². The number of carbonyl (C=O) groups excluding carboxylic acids is 1. The van der Waals surface area contributed by atoms with Crippen LogP contribution in [-0.4, -0.2) is 39.7 Å². The Morgan fingerprint density at radius 1 is 1.32 bits per heavy atom. The van der Waals surface area contributed by atoms with Gasteiger partial charge in [0.1, 0.15) is 6.33 Å². The summed E-state index contributed by atoms with van der Waals surface area (Å²) in [6.45, 7) is 0. The van der Waals surface area contributed by atoms with Crippen LogP contribution in [0.25, 0.3) is 0 Å². The van der Waals surface area contributed by atoms with Crippen LogP contribution in [0.3, 0.4) is 0 Å². The van der Waals surface area contributed by atoms with Crippen LogP contribution < -0.4 is 0 Å². The number of aromatic nitrogens is 3. The van der Waals surface area contributed by atoms with Crippen molar-refractivity contribution in [1.82, 2.24) is 19.7 Å². The maximum atomic E-state index is 11.7. The van der Waals surface area contributed by atoms with Gasteiger partial charge in [0.25, 0.3) is 5.91 Å². The predicted molar refractivity (Wildman–Crippen MR) is 75.0 cm³/mol. The summed E-state index contributed by atoms with van der Waals surface area (Å²) in [5, 5.41) is 8.73. The van der Waals surface area contributed by atoms with E-state index in [-0.39, 0.29) is 5.91 Å². The Labute approximate surface area is 116 Å². The summed E-state index contributed by atoms with van der Waals surface area (Å²) in [5.41, 5.74) is 1.86. The highest BCUT2D eigenvalue weighted by atomic mass is 32.2. The van der Waals surface area contributed by atoms with Gasteiger partial charge in [-0.15, -0.1) is 10.2 Å². The van der Waals surface area contributed by atoms with Crippen LogP contribution in [0, 0.1) is 0 Å². The lowest BCUT2D eigenvalue weighted by Crippen LogP contribution is -2.21. The van der Waals surface area contributed by atoms with Crippen LogP contribution in [0.4, 0.5) is 0 Å². The van der Waals surface area contributed by atoms with Crippen molar-refractivity contribution in [3.05, 3.63) is 41.7 Å². The molecule has 0 spiro atoms. The first-order chi connectivity index (χ1) is 9.08. The number of amides is 1. The normalized spacial score (nSPS) is 10.5. The first-order valence-electron chi connectivity index (χ1n) is 5.85. The predicted octanol–water partition coefficient (Wildman–Crippen LogP) is 1.81. The highest BCUT2D eigenvalue weighted by Crippen LogP contribution is 2.20. The Bertz CT molecular complexity index is 562. The summed E-state index contributed by atoms with van der Waals surface area (Å²) in [5.74, 6) is 0.829. The maximum absolute atomic E-state index is 11.7. The van der Waals surface area contributed by atoms with Gasteiger partial charge in [0, 0.05) is 32.5 Å². The fourth-order valence-electron chi connectivity index (χ4n) is 1.55. The second kappa shape index (κ2) is 5.88. The van der Waals surface area contributed by atoms with Crippen molar-refractivity contribution in [2.24, 2.45) is 7.05 Å². The first kappa shape index (κ1) is 13.6. The lowest BCUT2D eigenvalue weighted by molar-refractivity contribution is 0.0827. The Kier molecular flexibility index (Phi) is 4.21. The third kappa shape index (κ3) is 3.35. The number of rotatable bonds is 4. The van der Waals surface area contributed by atoms with Crippen LogP contribution >= 0.6 is 11.8 Å². The minimum absolute atomic E-state index is 0.0208. The van der Waals surface area contributed by atoms with Crippen molar-refractivity contribution in [2.75, 3.05) is 14.1 Å². The summed E-state index contributed by atoms with van der Waals surface area (Å²) >= 11 is 1.62. The number of benzene rings is 1. The van der Waals surface area contributed by atoms with E-state index in [1.807, 2.05) is 35.9 Å². The molecule has 2 rings (SSSR count). The molecule has 0 saturated heterocycles. The van der Waals surface area contributed by atoms with Crippen LogP contribution in [0.1, 0.15) is 15.9 Å². The molecular formula is C13H16N4OS. The van der Waals surface area contributed by atoms with Gasteiger partial charge in [-0.05, 0) is 17.7 Å². The number of thioether (sulfide) groups is 1. The van der Waals surface area contributed by atoms with Crippen molar-refractivity contribution in [3.63, 3.8) is 0 Å². The number of hydrogen-bond donors (Lipinski definition) is 0. The summed E-state index contributed by atoms with van der Waals surface area (Å²) in [6, 6.07) is 7.66. The third-order valence-electron chi connectivity index (χ3n) is 2.64. The number of hydrogen-bond acceptors (Lipinski definition) is 4. The molecule has 1 heterocycles. The molecule has 6 heteroatoms. The van der Waals surface area contributed by atoms with E-state index >= 15 is 0 Å². The van der Waals surface area contributed by atoms with E-state index in [1.165, 1.54) is 0 Å². The molecule has 0 aliphatic heterocycles. The number of nitrogens with zero attached hydrogens (tertiary/aromatic N) is 4. The average molecular weight is 276 g/mol. The van der Waals surface area contributed by atoms with Gasteiger partial charge in [0.15, 0.2) is 5.16 Å². The molecule has 0 atom stereocenters. The van der Waals surface area contributed by atoms with E-state index in [0.29, 0.717) is 5.56 Å². The molecule has 0 aliphatic carbocycles. The monoisotopic (exact) mass is 276 g/mol. The lowest BCUT2D eigenvalue weighted by atomic mass is 10.1. The number of aryl methyl sites for hydroxylation is 1. The van der Waals surface area contributed by atoms with Gasteiger partial charge in [-0.1, -0.05) is 23.9 Å². The van der Waals surface area contributed by atoms with Crippen molar-refractivity contribution < 1.29 is 4.79 Å². The first-order valence-corrected chi connectivity index (χ1v) is 6.84. The molecule has 2 aromatic rings. The van der Waals surface area contributed by atoms with Crippen molar-refractivity contribution in [1.29, 1.82) is 0 Å². The molecule has 0 fully saturated rings. The smallest absolute Gasteiger partial charge is 0.253 e. The van der Waals surface area contributed by atoms with E-state index in [4.69, 9.17) is 0 Å². The topological polar surface area (TPSA) is 51.0 Å². The van der Waals surface area contributed by atoms with Crippen LogP contribution in [0.2, 0.25) is 0 Å². The molecule has 0 radical (unpaired) electrons. The molecular weight excluding hydrogens is 260 g/mol. The van der Waals surface area contributed by atoms with Crippen molar-refractivity contribution in [3.8, 4) is 0 Å². The molecule has 0 saturated carbocycles. The van der Waals surface area contributed by atoms with Gasteiger partial charge in [0.2, 0.25) is 0 Å². The lowest BCUT2D eigenvalue weighted by Gasteiger charge is -2.10. The Morgan fingerprint density at radius 3 is 2.53 bits per heavy atom. The van der Waals surface area contributed by atoms with E-state index in [9.17, 15) is 4.79 Å². The van der Waals surface area contributed by atoms with Crippen LogP contribution in [0.5, 0.6) is 0 Å². The molecule has 1 aromatic heterocycles. The maximum Gasteiger partial charge on any atom is 0.253 e. The molecule has 100 valence electrons. The van der Waals surface area contributed by atoms with Gasteiger partial charge in [0.05, 0.1) is 0 Å². The minimum atomic E-state index is 0.0208. The SMILES string of the molecule is CN(C)C(=O)c1ccc(CSc2nncn2C)cc1. The molecule has 19 heavy (non-hydrogen) atoms. The molecule has 1 amide bonds. The van der Waals surface area contributed by atoms with Gasteiger partial charge < -0.3 is 9.47 Å². The van der Waals surface area contributed by atoms with Crippen LogP contribution in [0.15, 0.2) is 35.7 Å². The van der Waals surface area contributed by atoms with Gasteiger partial charge in [-0.25, -0.2) is 0 Å². The second-order valence-electron chi connectivity index (χ2n) is 4.41. The molecule has 0 aliphatic rings. The van der Waals surface area contributed by atoms with Gasteiger partial charge in [-0.2, -0.15) is 0 Å². The third-order valence-corrected chi connectivity index (χ3v) is 3.75. The Balaban J connectivity index is 1.99. The minimum Gasteiger partial charge on any atom is -0.345 e. The van der Waals surface area contributed by atoms with E-state index < -0.39 is 0 Å². The highest BCUT2D eigenvalue weighted by molar-refractivity contribution is 7.98. The Morgan fingerprint density at radius 2 is 2.00 bits per heavy atom. The van der Waals surface area contributed by atoms with E-state index in [0.717, 1.165) is 16.5 Å². The van der Waals surface area contributed by atoms with E-state index in [1.54, 1.807) is 37.1 Å². The zero-order chi connectivity index (χ0) is 13.8. The summed E-state index contributed by atoms with van der Waals surface area (Å²) in [6.07, 6.45) is 1.68. The van der Waals surface area contributed by atoms with Crippen LogP contribution in [-0.2, 0) is 12.8 Å². The molecule has 0 N–H and O–H groups in total. The fraction of sp³-hybridized carbons (Fsp3) is 0.308. The summed E-state index contributed by atoms with van der Waals surface area (Å²) in [4.78, 5) is 13.3. The number of carbonyl (C=O) groups is 1. The Hall–Kier alpha value is -1.82.